The SMILES string of the molecule is CCn1nc2c(c1C(=O)N1CC(O)(c3nccn3C)C1)C[C@H](C)O[C@@H]2C. The topological polar surface area (TPSA) is 85.4 Å². The van der Waals surface area contributed by atoms with E-state index in [0.717, 1.165) is 11.3 Å². The van der Waals surface area contributed by atoms with E-state index < -0.39 is 5.60 Å². The Morgan fingerprint density at radius 3 is 2.77 bits per heavy atom. The quantitative estimate of drug-likeness (QED) is 0.884. The van der Waals surface area contributed by atoms with E-state index in [1.807, 2.05) is 27.8 Å². The first-order chi connectivity index (χ1) is 12.3. The van der Waals surface area contributed by atoms with Crippen LogP contribution in [0.3, 0.4) is 0 Å². The molecular formula is C18H25N5O3. The fraction of sp³-hybridized carbons (Fsp3) is 0.611. The summed E-state index contributed by atoms with van der Waals surface area (Å²) in [6.45, 7) is 7.06. The minimum atomic E-state index is -1.09. The number of likely N-dealkylation sites (tertiary alicyclic amines) is 1. The van der Waals surface area contributed by atoms with Crippen molar-refractivity contribution in [2.75, 3.05) is 13.1 Å². The van der Waals surface area contributed by atoms with E-state index in [1.54, 1.807) is 26.5 Å². The van der Waals surface area contributed by atoms with Crippen LogP contribution in [0, 0.1) is 0 Å². The van der Waals surface area contributed by atoms with Gasteiger partial charge in [-0.2, -0.15) is 5.10 Å². The van der Waals surface area contributed by atoms with E-state index >= 15 is 0 Å². The van der Waals surface area contributed by atoms with Gasteiger partial charge in [0.25, 0.3) is 5.91 Å². The maximum Gasteiger partial charge on any atom is 0.272 e. The Kier molecular flexibility index (Phi) is 3.92. The molecule has 2 aromatic heterocycles. The van der Waals surface area contributed by atoms with Crippen molar-refractivity contribution in [3.8, 4) is 0 Å². The number of carbonyl (C=O) groups is 1. The third-order valence-electron chi connectivity index (χ3n) is 5.33. The number of aromatic nitrogens is 4. The van der Waals surface area contributed by atoms with Crippen LogP contribution in [-0.2, 0) is 30.4 Å². The van der Waals surface area contributed by atoms with Crippen LogP contribution < -0.4 is 0 Å². The van der Waals surface area contributed by atoms with Gasteiger partial charge in [-0.15, -0.1) is 0 Å². The lowest BCUT2D eigenvalue weighted by Gasteiger charge is -2.45. The first kappa shape index (κ1) is 17.2. The molecule has 0 aliphatic carbocycles. The Bertz CT molecular complexity index is 849. The summed E-state index contributed by atoms with van der Waals surface area (Å²) in [4.78, 5) is 19.1. The van der Waals surface area contributed by atoms with Crippen LogP contribution in [0.15, 0.2) is 12.4 Å². The molecule has 0 bridgehead atoms. The molecule has 2 aliphatic heterocycles. The number of hydrogen-bond acceptors (Lipinski definition) is 5. The second-order valence-electron chi connectivity index (χ2n) is 7.38. The Morgan fingerprint density at radius 2 is 2.15 bits per heavy atom. The van der Waals surface area contributed by atoms with Crippen molar-refractivity contribution < 1.29 is 14.6 Å². The number of amides is 1. The fourth-order valence-electron chi connectivity index (χ4n) is 4.10. The molecule has 26 heavy (non-hydrogen) atoms. The number of aryl methyl sites for hydroxylation is 2. The van der Waals surface area contributed by atoms with Gasteiger partial charge in [-0.05, 0) is 20.8 Å². The zero-order valence-electron chi connectivity index (χ0n) is 15.6. The van der Waals surface area contributed by atoms with Gasteiger partial charge < -0.3 is 19.3 Å². The van der Waals surface area contributed by atoms with E-state index in [0.29, 0.717) is 24.5 Å². The number of hydrogen-bond donors (Lipinski definition) is 1. The molecule has 2 atom stereocenters. The number of nitrogens with zero attached hydrogens (tertiary/aromatic N) is 5. The van der Waals surface area contributed by atoms with Crippen molar-refractivity contribution >= 4 is 5.91 Å². The predicted molar refractivity (Wildman–Crippen MR) is 93.6 cm³/mol. The number of rotatable bonds is 3. The molecule has 0 unspecified atom stereocenters. The smallest absolute Gasteiger partial charge is 0.272 e. The van der Waals surface area contributed by atoms with Crippen LogP contribution in [0.5, 0.6) is 0 Å². The number of aliphatic hydroxyl groups is 1. The molecule has 2 aromatic rings. The molecule has 4 rings (SSSR count). The summed E-state index contributed by atoms with van der Waals surface area (Å²) >= 11 is 0. The zero-order valence-corrected chi connectivity index (χ0v) is 15.6. The van der Waals surface area contributed by atoms with Crippen LogP contribution >= 0.6 is 0 Å². The third kappa shape index (κ3) is 2.47. The molecule has 1 saturated heterocycles. The second-order valence-corrected chi connectivity index (χ2v) is 7.38. The van der Waals surface area contributed by atoms with Gasteiger partial charge in [0, 0.05) is 38.0 Å². The molecule has 0 aromatic carbocycles. The predicted octanol–water partition coefficient (Wildman–Crippen LogP) is 1.00. The molecule has 1 amide bonds. The average molecular weight is 359 g/mol. The van der Waals surface area contributed by atoms with E-state index in [-0.39, 0.29) is 31.2 Å². The highest BCUT2D eigenvalue weighted by atomic mass is 16.5. The monoisotopic (exact) mass is 359 g/mol. The maximum absolute atomic E-state index is 13.2. The molecule has 2 aliphatic rings. The van der Waals surface area contributed by atoms with E-state index in [4.69, 9.17) is 4.74 Å². The maximum atomic E-state index is 13.2. The van der Waals surface area contributed by atoms with Gasteiger partial charge in [-0.25, -0.2) is 4.98 Å². The van der Waals surface area contributed by atoms with E-state index in [9.17, 15) is 9.90 Å². The lowest BCUT2D eigenvalue weighted by Crippen LogP contribution is -2.62. The summed E-state index contributed by atoms with van der Waals surface area (Å²) in [5, 5.41) is 15.4. The van der Waals surface area contributed by atoms with Crippen molar-refractivity contribution in [3.63, 3.8) is 0 Å². The Balaban J connectivity index is 1.61. The highest BCUT2D eigenvalue weighted by Crippen LogP contribution is 2.35. The Morgan fingerprint density at radius 1 is 1.42 bits per heavy atom. The van der Waals surface area contributed by atoms with Gasteiger partial charge in [0.15, 0.2) is 5.60 Å². The molecule has 0 radical (unpaired) electrons. The summed E-state index contributed by atoms with van der Waals surface area (Å²) in [5.41, 5.74) is 1.38. The summed E-state index contributed by atoms with van der Waals surface area (Å²) in [6, 6.07) is 0. The fourth-order valence-corrected chi connectivity index (χ4v) is 4.10. The summed E-state index contributed by atoms with van der Waals surface area (Å²) in [7, 11) is 1.84. The number of imidazole rings is 1. The van der Waals surface area contributed by atoms with Gasteiger partial charge in [-0.3, -0.25) is 9.48 Å². The molecular weight excluding hydrogens is 334 g/mol. The molecule has 0 saturated carbocycles. The molecule has 4 heterocycles. The summed E-state index contributed by atoms with van der Waals surface area (Å²) in [6.07, 6.45) is 4.07. The average Bonchev–Trinajstić information content (AvgIpc) is 3.15. The lowest BCUT2D eigenvalue weighted by molar-refractivity contribution is -0.0942. The first-order valence-corrected chi connectivity index (χ1v) is 9.08. The largest absolute Gasteiger partial charge is 0.378 e. The van der Waals surface area contributed by atoms with Gasteiger partial charge in [0.1, 0.15) is 11.5 Å². The van der Waals surface area contributed by atoms with Crippen molar-refractivity contribution in [2.24, 2.45) is 7.05 Å². The van der Waals surface area contributed by atoms with E-state index in [2.05, 4.69) is 10.1 Å². The van der Waals surface area contributed by atoms with Gasteiger partial charge in [0.2, 0.25) is 0 Å². The Labute approximate surface area is 152 Å². The highest BCUT2D eigenvalue weighted by molar-refractivity contribution is 5.95. The lowest BCUT2D eigenvalue weighted by atomic mass is 9.91. The normalized spacial score (nSPS) is 24.3. The van der Waals surface area contributed by atoms with Crippen molar-refractivity contribution in [2.45, 2.75) is 51.5 Å². The van der Waals surface area contributed by atoms with E-state index in [1.165, 1.54) is 0 Å². The number of carbonyl (C=O) groups excluding carboxylic acids is 1. The number of β-amino-alcohol motifs (C(OH)–C–C–N with tert-alkyl or cyclic N) is 1. The molecule has 8 nitrogen and oxygen atoms in total. The van der Waals surface area contributed by atoms with Crippen molar-refractivity contribution in [1.82, 2.24) is 24.2 Å². The van der Waals surface area contributed by atoms with Crippen LogP contribution in [0.4, 0.5) is 0 Å². The standard InChI is InChI=1S/C18H25N5O3/c1-5-23-15(13-8-11(2)26-12(3)14(13)20-23)16(24)22-9-18(25,10-22)17-19-6-7-21(17)4/h6-7,11-12,25H,5,8-10H2,1-4H3/t11-,12+/m0/s1. The first-order valence-electron chi connectivity index (χ1n) is 9.08. The summed E-state index contributed by atoms with van der Waals surface area (Å²) in [5.74, 6) is 0.504. The third-order valence-corrected chi connectivity index (χ3v) is 5.33. The van der Waals surface area contributed by atoms with Crippen molar-refractivity contribution in [3.05, 3.63) is 35.2 Å². The highest BCUT2D eigenvalue weighted by Gasteiger charge is 2.49. The molecule has 8 heteroatoms. The van der Waals surface area contributed by atoms with Crippen LogP contribution in [0.1, 0.15) is 54.4 Å². The Hall–Kier alpha value is -2.19. The van der Waals surface area contributed by atoms with Gasteiger partial charge in [-0.1, -0.05) is 0 Å². The molecule has 140 valence electrons. The molecule has 1 N–H and O–H groups in total. The molecule has 1 fully saturated rings. The summed E-state index contributed by atoms with van der Waals surface area (Å²) < 4.78 is 9.41. The number of ether oxygens (including phenoxy) is 1. The van der Waals surface area contributed by atoms with Crippen LogP contribution in [0.25, 0.3) is 0 Å². The zero-order chi connectivity index (χ0) is 18.6. The van der Waals surface area contributed by atoms with Gasteiger partial charge in [0.05, 0.1) is 31.0 Å². The van der Waals surface area contributed by atoms with Gasteiger partial charge >= 0.3 is 0 Å². The number of fused-ring (bicyclic) bond motifs is 1. The van der Waals surface area contributed by atoms with Crippen molar-refractivity contribution in [1.29, 1.82) is 0 Å². The van der Waals surface area contributed by atoms with Crippen LogP contribution in [-0.4, -0.2) is 54.4 Å². The minimum absolute atomic E-state index is 0.0550. The minimum Gasteiger partial charge on any atom is -0.378 e. The van der Waals surface area contributed by atoms with Crippen LogP contribution in [0.2, 0.25) is 0 Å². The second kappa shape index (κ2) is 5.92. The molecule has 0 spiro atoms.